The molecule has 0 radical (unpaired) electrons. The van der Waals surface area contributed by atoms with Crippen LogP contribution in [-0.4, -0.2) is 5.91 Å². The van der Waals surface area contributed by atoms with Gasteiger partial charge in [0.25, 0.3) is 0 Å². The Morgan fingerprint density at radius 1 is 1.29 bits per heavy atom. The van der Waals surface area contributed by atoms with Gasteiger partial charge in [-0.15, -0.1) is 0 Å². The summed E-state index contributed by atoms with van der Waals surface area (Å²) < 4.78 is 0. The topological polar surface area (TPSA) is 29.1 Å². The van der Waals surface area contributed by atoms with Crippen LogP contribution in [-0.2, 0) is 4.79 Å². The molecule has 2 unspecified atom stereocenters. The number of benzene rings is 1. The van der Waals surface area contributed by atoms with Crippen molar-refractivity contribution in [2.75, 3.05) is 5.32 Å². The van der Waals surface area contributed by atoms with Crippen molar-refractivity contribution in [2.24, 2.45) is 11.8 Å². The minimum Gasteiger partial charge on any atom is -0.326 e. The molecule has 1 saturated carbocycles. The molecule has 1 amide bonds. The van der Waals surface area contributed by atoms with Gasteiger partial charge in [0.05, 0.1) is 0 Å². The zero-order valence-corrected chi connectivity index (χ0v) is 9.81. The summed E-state index contributed by atoms with van der Waals surface area (Å²) in [7, 11) is 0. The third-order valence-corrected chi connectivity index (χ3v) is 3.36. The van der Waals surface area contributed by atoms with Gasteiger partial charge in [-0.2, -0.15) is 0 Å². The molecule has 2 nitrogen and oxygen atoms in total. The predicted molar refractivity (Wildman–Crippen MR) is 69.5 cm³/mol. The van der Waals surface area contributed by atoms with Crippen LogP contribution in [0.5, 0.6) is 0 Å². The first kappa shape index (κ1) is 10.3. The van der Waals surface area contributed by atoms with E-state index in [1.807, 2.05) is 18.2 Å². The summed E-state index contributed by atoms with van der Waals surface area (Å²) >= 11 is 0. The van der Waals surface area contributed by atoms with Gasteiger partial charge in [-0.1, -0.05) is 36.4 Å². The van der Waals surface area contributed by atoms with E-state index in [1.54, 1.807) is 6.92 Å². The van der Waals surface area contributed by atoms with Gasteiger partial charge >= 0.3 is 0 Å². The van der Waals surface area contributed by atoms with Crippen molar-refractivity contribution in [3.05, 3.63) is 48.1 Å². The Morgan fingerprint density at radius 3 is 2.88 bits per heavy atom. The van der Waals surface area contributed by atoms with E-state index in [1.165, 1.54) is 12.0 Å². The Hall–Kier alpha value is -1.83. The van der Waals surface area contributed by atoms with Crippen molar-refractivity contribution in [3.63, 3.8) is 0 Å². The van der Waals surface area contributed by atoms with E-state index in [9.17, 15) is 4.79 Å². The largest absolute Gasteiger partial charge is 0.326 e. The van der Waals surface area contributed by atoms with Crippen LogP contribution in [0.4, 0.5) is 5.69 Å². The molecular weight excluding hydrogens is 210 g/mol. The summed E-state index contributed by atoms with van der Waals surface area (Å²) in [5, 5.41) is 2.89. The molecule has 0 bridgehead atoms. The highest BCUT2D eigenvalue weighted by Gasteiger charge is 2.35. The molecule has 0 spiro atoms. The van der Waals surface area contributed by atoms with Crippen LogP contribution in [0, 0.1) is 11.8 Å². The number of nitrogens with one attached hydrogen (secondary N) is 1. The summed E-state index contributed by atoms with van der Waals surface area (Å²) in [6.45, 7) is 1.54. The van der Waals surface area contributed by atoms with Crippen molar-refractivity contribution in [1.29, 1.82) is 0 Å². The number of amides is 1. The van der Waals surface area contributed by atoms with Gasteiger partial charge in [-0.25, -0.2) is 0 Å². The smallest absolute Gasteiger partial charge is 0.221 e. The zero-order valence-electron chi connectivity index (χ0n) is 9.81. The molecule has 3 rings (SSSR count). The number of para-hydroxylation sites is 1. The molecular formula is C15H15NO. The maximum atomic E-state index is 11.2. The van der Waals surface area contributed by atoms with E-state index in [4.69, 9.17) is 0 Å². The molecule has 1 aromatic carbocycles. The SMILES string of the molecule is CC(=O)Nc1ccccc1C1=CC2CC2C=C1. The first-order valence-electron chi connectivity index (χ1n) is 6.01. The number of fused-ring (bicyclic) bond motifs is 1. The van der Waals surface area contributed by atoms with Crippen LogP contribution in [0.25, 0.3) is 5.57 Å². The summed E-state index contributed by atoms with van der Waals surface area (Å²) in [4.78, 5) is 11.2. The van der Waals surface area contributed by atoms with E-state index in [0.29, 0.717) is 0 Å². The van der Waals surface area contributed by atoms with Crippen LogP contribution in [0.1, 0.15) is 18.9 Å². The molecule has 0 heterocycles. The molecule has 1 N–H and O–H groups in total. The molecule has 0 saturated heterocycles. The lowest BCUT2D eigenvalue weighted by Crippen LogP contribution is -2.07. The van der Waals surface area contributed by atoms with Crippen LogP contribution >= 0.6 is 0 Å². The Bertz CT molecular complexity index is 527. The van der Waals surface area contributed by atoms with E-state index >= 15 is 0 Å². The quantitative estimate of drug-likeness (QED) is 0.822. The minimum atomic E-state index is -0.0258. The third-order valence-electron chi connectivity index (χ3n) is 3.36. The van der Waals surface area contributed by atoms with Gasteiger partial charge in [0.15, 0.2) is 0 Å². The standard InChI is InChI=1S/C15H15NO/c1-10(17)16-15-5-3-2-4-14(15)12-7-6-11-8-13(11)9-12/h2-7,9,11,13H,8H2,1H3,(H,16,17). The van der Waals surface area contributed by atoms with E-state index in [2.05, 4.69) is 29.6 Å². The van der Waals surface area contributed by atoms with E-state index in [-0.39, 0.29) is 5.91 Å². The van der Waals surface area contributed by atoms with E-state index in [0.717, 1.165) is 23.1 Å². The van der Waals surface area contributed by atoms with Gasteiger partial charge in [0.2, 0.25) is 5.91 Å². The molecule has 2 atom stereocenters. The fourth-order valence-electron chi connectivity index (χ4n) is 2.38. The Kier molecular flexibility index (Phi) is 2.36. The lowest BCUT2D eigenvalue weighted by atomic mass is 9.98. The number of carbonyl (C=O) groups is 1. The second-order valence-electron chi connectivity index (χ2n) is 4.77. The van der Waals surface area contributed by atoms with Gasteiger partial charge in [-0.05, 0) is 29.9 Å². The maximum absolute atomic E-state index is 11.2. The van der Waals surface area contributed by atoms with Crippen LogP contribution in [0.2, 0.25) is 0 Å². The van der Waals surface area contributed by atoms with Crippen molar-refractivity contribution in [1.82, 2.24) is 0 Å². The van der Waals surface area contributed by atoms with Gasteiger partial charge in [0.1, 0.15) is 0 Å². The fraction of sp³-hybridized carbons (Fsp3) is 0.267. The molecule has 1 aromatic rings. The van der Waals surface area contributed by atoms with Gasteiger partial charge in [-0.3, -0.25) is 4.79 Å². The third kappa shape index (κ3) is 2.03. The highest BCUT2D eigenvalue weighted by Crippen LogP contribution is 2.46. The molecule has 2 heteroatoms. The number of hydrogen-bond donors (Lipinski definition) is 1. The Balaban J connectivity index is 1.96. The second kappa shape index (κ2) is 3.88. The number of rotatable bonds is 2. The van der Waals surface area contributed by atoms with E-state index < -0.39 is 0 Å². The molecule has 86 valence electrons. The minimum absolute atomic E-state index is 0.0258. The highest BCUT2D eigenvalue weighted by molar-refractivity contribution is 5.94. The lowest BCUT2D eigenvalue weighted by molar-refractivity contribution is -0.114. The number of allylic oxidation sites excluding steroid dienone is 4. The first-order chi connectivity index (χ1) is 8.24. The maximum Gasteiger partial charge on any atom is 0.221 e. The van der Waals surface area contributed by atoms with Crippen LogP contribution < -0.4 is 5.32 Å². The van der Waals surface area contributed by atoms with Crippen molar-refractivity contribution in [3.8, 4) is 0 Å². The predicted octanol–water partition coefficient (Wildman–Crippen LogP) is 3.23. The lowest BCUT2D eigenvalue weighted by Gasteiger charge is -2.12. The first-order valence-corrected chi connectivity index (χ1v) is 6.01. The van der Waals surface area contributed by atoms with Crippen LogP contribution in [0.3, 0.4) is 0 Å². The molecule has 17 heavy (non-hydrogen) atoms. The Morgan fingerprint density at radius 2 is 2.12 bits per heavy atom. The summed E-state index contributed by atoms with van der Waals surface area (Å²) in [5.74, 6) is 1.47. The molecule has 2 aliphatic rings. The molecule has 0 aromatic heterocycles. The van der Waals surface area contributed by atoms with Crippen LogP contribution in [0.15, 0.2) is 42.5 Å². The molecule has 0 aliphatic heterocycles. The van der Waals surface area contributed by atoms with Crippen molar-refractivity contribution < 1.29 is 4.79 Å². The summed E-state index contributed by atoms with van der Waals surface area (Å²) in [6.07, 6.45) is 8.06. The monoisotopic (exact) mass is 225 g/mol. The Labute approximate surface area is 101 Å². The molecule has 1 fully saturated rings. The fourth-order valence-corrected chi connectivity index (χ4v) is 2.38. The number of anilines is 1. The summed E-state index contributed by atoms with van der Waals surface area (Å²) in [5.41, 5.74) is 3.24. The summed E-state index contributed by atoms with van der Waals surface area (Å²) in [6, 6.07) is 7.96. The van der Waals surface area contributed by atoms with Crippen molar-refractivity contribution in [2.45, 2.75) is 13.3 Å². The van der Waals surface area contributed by atoms with Crippen molar-refractivity contribution >= 4 is 17.2 Å². The number of carbonyl (C=O) groups excluding carboxylic acids is 1. The average molecular weight is 225 g/mol. The normalized spacial score (nSPS) is 24.9. The highest BCUT2D eigenvalue weighted by atomic mass is 16.1. The van der Waals surface area contributed by atoms with Gasteiger partial charge in [0, 0.05) is 18.2 Å². The number of hydrogen-bond acceptors (Lipinski definition) is 1. The van der Waals surface area contributed by atoms with Gasteiger partial charge < -0.3 is 5.32 Å². The average Bonchev–Trinajstić information content (AvgIpc) is 3.07. The zero-order chi connectivity index (χ0) is 11.8. The second-order valence-corrected chi connectivity index (χ2v) is 4.77. The molecule has 2 aliphatic carbocycles.